The minimum absolute atomic E-state index is 0.0720. The van der Waals surface area contributed by atoms with Crippen LogP contribution in [0.3, 0.4) is 0 Å². The fraction of sp³-hybridized carbons (Fsp3) is 0.368. The Bertz CT molecular complexity index is 710. The zero-order valence-electron chi connectivity index (χ0n) is 14.4. The molecule has 0 spiro atoms. The van der Waals surface area contributed by atoms with Crippen LogP contribution in [-0.2, 0) is 0 Å². The van der Waals surface area contributed by atoms with Gasteiger partial charge < -0.3 is 5.32 Å². The average Bonchev–Trinajstić information content (AvgIpc) is 2.50. The molecule has 4 heteroatoms. The molecule has 23 heavy (non-hydrogen) atoms. The first-order valence-corrected chi connectivity index (χ1v) is 8.66. The number of benzene rings is 1. The highest BCUT2D eigenvalue weighted by molar-refractivity contribution is 7.99. The van der Waals surface area contributed by atoms with Crippen molar-refractivity contribution in [2.24, 2.45) is 0 Å². The number of aromatic nitrogens is 1. The molecule has 0 aliphatic carbocycles. The van der Waals surface area contributed by atoms with E-state index in [2.05, 4.69) is 49.3 Å². The topological polar surface area (TPSA) is 42.0 Å². The van der Waals surface area contributed by atoms with Crippen molar-refractivity contribution in [2.45, 2.75) is 56.5 Å². The quantitative estimate of drug-likeness (QED) is 0.860. The van der Waals surface area contributed by atoms with Crippen molar-refractivity contribution in [3.63, 3.8) is 0 Å². The number of hydrogen-bond donors (Lipinski definition) is 1. The molecular weight excluding hydrogens is 304 g/mol. The third-order valence-electron chi connectivity index (χ3n) is 3.89. The molecule has 122 valence electrons. The zero-order chi connectivity index (χ0) is 17.0. The lowest BCUT2D eigenvalue weighted by molar-refractivity contribution is 0.0907. The number of pyridine rings is 1. The van der Waals surface area contributed by atoms with Crippen LogP contribution >= 0.6 is 11.8 Å². The molecule has 0 aliphatic rings. The van der Waals surface area contributed by atoms with Crippen molar-refractivity contribution in [1.29, 1.82) is 0 Å². The van der Waals surface area contributed by atoms with Gasteiger partial charge in [0.15, 0.2) is 0 Å². The minimum Gasteiger partial charge on any atom is -0.347 e. The third kappa shape index (κ3) is 4.58. The maximum atomic E-state index is 12.6. The highest BCUT2D eigenvalue weighted by Gasteiger charge is 2.21. The number of nitrogens with one attached hydrogen (secondary N) is 1. The van der Waals surface area contributed by atoms with E-state index in [1.165, 1.54) is 22.9 Å². The molecule has 2 aromatic rings. The van der Waals surface area contributed by atoms with Gasteiger partial charge in [0.2, 0.25) is 0 Å². The SMILES string of the molecule is CCC(C)(C)NC(=O)c1cccnc1Sc1ccc(C)cc1C. The van der Waals surface area contributed by atoms with Crippen LogP contribution in [0.25, 0.3) is 0 Å². The van der Waals surface area contributed by atoms with Gasteiger partial charge in [0.1, 0.15) is 5.03 Å². The molecule has 0 aliphatic heterocycles. The molecule has 1 heterocycles. The molecule has 0 saturated heterocycles. The Morgan fingerprint density at radius 3 is 2.65 bits per heavy atom. The van der Waals surface area contributed by atoms with Crippen LogP contribution in [0.5, 0.6) is 0 Å². The first-order valence-electron chi connectivity index (χ1n) is 7.85. The highest BCUT2D eigenvalue weighted by Crippen LogP contribution is 2.31. The Morgan fingerprint density at radius 2 is 2.00 bits per heavy atom. The van der Waals surface area contributed by atoms with Crippen LogP contribution in [0, 0.1) is 13.8 Å². The van der Waals surface area contributed by atoms with E-state index in [1.807, 2.05) is 19.9 Å². The summed E-state index contributed by atoms with van der Waals surface area (Å²) in [5.74, 6) is -0.0720. The van der Waals surface area contributed by atoms with Crippen molar-refractivity contribution in [2.75, 3.05) is 0 Å². The molecule has 1 N–H and O–H groups in total. The van der Waals surface area contributed by atoms with Gasteiger partial charge in [-0.1, -0.05) is 36.4 Å². The van der Waals surface area contributed by atoms with Gasteiger partial charge in [-0.3, -0.25) is 4.79 Å². The second kappa shape index (κ2) is 7.18. The van der Waals surface area contributed by atoms with E-state index in [0.29, 0.717) is 5.56 Å². The smallest absolute Gasteiger partial charge is 0.254 e. The average molecular weight is 328 g/mol. The summed E-state index contributed by atoms with van der Waals surface area (Å²) in [6, 6.07) is 9.95. The lowest BCUT2D eigenvalue weighted by Gasteiger charge is -2.24. The Kier molecular flexibility index (Phi) is 5.47. The number of rotatable bonds is 5. The lowest BCUT2D eigenvalue weighted by Crippen LogP contribution is -2.43. The highest BCUT2D eigenvalue weighted by atomic mass is 32.2. The fourth-order valence-corrected chi connectivity index (χ4v) is 3.07. The maximum absolute atomic E-state index is 12.6. The molecule has 0 bridgehead atoms. The van der Waals surface area contributed by atoms with Crippen LogP contribution in [0.2, 0.25) is 0 Å². The summed E-state index contributed by atoms with van der Waals surface area (Å²) in [6.45, 7) is 10.3. The molecule has 0 fully saturated rings. The number of carbonyl (C=O) groups is 1. The predicted molar refractivity (Wildman–Crippen MR) is 96.1 cm³/mol. The lowest BCUT2D eigenvalue weighted by atomic mass is 10.0. The van der Waals surface area contributed by atoms with Gasteiger partial charge in [-0.2, -0.15) is 0 Å². The van der Waals surface area contributed by atoms with E-state index < -0.39 is 0 Å². The second-order valence-corrected chi connectivity index (χ2v) is 7.45. The Balaban J connectivity index is 2.29. The summed E-state index contributed by atoms with van der Waals surface area (Å²) < 4.78 is 0. The largest absolute Gasteiger partial charge is 0.347 e. The van der Waals surface area contributed by atoms with Crippen LogP contribution in [0.4, 0.5) is 0 Å². The summed E-state index contributed by atoms with van der Waals surface area (Å²) in [4.78, 5) is 18.1. The fourth-order valence-electron chi connectivity index (χ4n) is 2.13. The summed E-state index contributed by atoms with van der Waals surface area (Å²) in [7, 11) is 0. The van der Waals surface area contributed by atoms with E-state index >= 15 is 0 Å². The van der Waals surface area contributed by atoms with Gasteiger partial charge in [0.05, 0.1) is 5.56 Å². The number of aryl methyl sites for hydroxylation is 2. The maximum Gasteiger partial charge on any atom is 0.254 e. The predicted octanol–water partition coefficient (Wildman–Crippen LogP) is 4.77. The first kappa shape index (κ1) is 17.5. The van der Waals surface area contributed by atoms with E-state index in [0.717, 1.165) is 16.3 Å². The normalized spacial score (nSPS) is 11.3. The van der Waals surface area contributed by atoms with E-state index in [4.69, 9.17) is 0 Å². The minimum atomic E-state index is -0.228. The number of hydrogen-bond acceptors (Lipinski definition) is 3. The molecule has 1 aromatic carbocycles. The van der Waals surface area contributed by atoms with Crippen LogP contribution in [0.15, 0.2) is 46.5 Å². The molecule has 0 saturated carbocycles. The monoisotopic (exact) mass is 328 g/mol. The van der Waals surface area contributed by atoms with Gasteiger partial charge in [-0.25, -0.2) is 4.98 Å². The van der Waals surface area contributed by atoms with Gasteiger partial charge in [0.25, 0.3) is 5.91 Å². The Morgan fingerprint density at radius 1 is 1.26 bits per heavy atom. The molecule has 0 radical (unpaired) electrons. The number of nitrogens with zero attached hydrogens (tertiary/aromatic N) is 1. The van der Waals surface area contributed by atoms with E-state index in [9.17, 15) is 4.79 Å². The van der Waals surface area contributed by atoms with Crippen molar-refractivity contribution in [1.82, 2.24) is 10.3 Å². The second-order valence-electron chi connectivity index (χ2n) is 6.42. The van der Waals surface area contributed by atoms with E-state index in [-0.39, 0.29) is 11.4 Å². The molecule has 2 rings (SSSR count). The summed E-state index contributed by atoms with van der Waals surface area (Å²) in [6.07, 6.45) is 2.60. The molecule has 1 aromatic heterocycles. The molecular formula is C19H24N2OS. The van der Waals surface area contributed by atoms with Crippen molar-refractivity contribution < 1.29 is 4.79 Å². The van der Waals surface area contributed by atoms with Crippen molar-refractivity contribution in [3.05, 3.63) is 53.2 Å². The number of carbonyl (C=O) groups excluding carboxylic acids is 1. The standard InChI is InChI=1S/C19H24N2OS/c1-6-19(4,5)21-17(22)15-8-7-11-20-18(15)23-16-10-9-13(2)12-14(16)3/h7-12H,6H2,1-5H3,(H,21,22). The summed E-state index contributed by atoms with van der Waals surface area (Å²) in [5.41, 5.74) is 2.82. The third-order valence-corrected chi connectivity index (χ3v) is 5.09. The van der Waals surface area contributed by atoms with Gasteiger partial charge in [0, 0.05) is 16.6 Å². The van der Waals surface area contributed by atoms with Crippen molar-refractivity contribution >= 4 is 17.7 Å². The van der Waals surface area contributed by atoms with Gasteiger partial charge in [-0.15, -0.1) is 0 Å². The molecule has 3 nitrogen and oxygen atoms in total. The van der Waals surface area contributed by atoms with E-state index in [1.54, 1.807) is 12.3 Å². The van der Waals surface area contributed by atoms with Gasteiger partial charge >= 0.3 is 0 Å². The molecule has 0 atom stereocenters. The zero-order valence-corrected chi connectivity index (χ0v) is 15.3. The van der Waals surface area contributed by atoms with Crippen LogP contribution in [0.1, 0.15) is 48.7 Å². The Hall–Kier alpha value is -1.81. The number of amides is 1. The van der Waals surface area contributed by atoms with Gasteiger partial charge in [-0.05, 0) is 57.9 Å². The van der Waals surface area contributed by atoms with Crippen LogP contribution < -0.4 is 5.32 Å². The summed E-state index contributed by atoms with van der Waals surface area (Å²) in [5, 5.41) is 3.82. The first-order chi connectivity index (χ1) is 10.8. The molecule has 1 amide bonds. The Labute approximate surface area is 142 Å². The summed E-state index contributed by atoms with van der Waals surface area (Å²) >= 11 is 1.54. The van der Waals surface area contributed by atoms with Crippen LogP contribution in [-0.4, -0.2) is 16.4 Å². The van der Waals surface area contributed by atoms with Crippen molar-refractivity contribution in [3.8, 4) is 0 Å². The molecule has 0 unspecified atom stereocenters.